The highest BCUT2D eigenvalue weighted by atomic mass is 16.7. The molecule has 5 nitrogen and oxygen atoms in total. The third-order valence-corrected chi connectivity index (χ3v) is 2.95. The number of ketones is 1. The Morgan fingerprint density at radius 3 is 2.52 bits per heavy atom. The van der Waals surface area contributed by atoms with E-state index in [-0.39, 0.29) is 0 Å². The first-order valence-electron chi connectivity index (χ1n) is 6.90. The highest BCUT2D eigenvalue weighted by Gasteiger charge is 2.29. The summed E-state index contributed by atoms with van der Waals surface area (Å²) in [6.45, 7) is 9.49. The fraction of sp³-hybridized carbons (Fsp3) is 0.500. The zero-order chi connectivity index (χ0) is 15.8. The van der Waals surface area contributed by atoms with Crippen molar-refractivity contribution in [1.82, 2.24) is 5.32 Å². The Balaban J connectivity index is 2.19. The molecule has 114 valence electrons. The third-order valence-electron chi connectivity index (χ3n) is 2.95. The average Bonchev–Trinajstić information content (AvgIpc) is 2.34. The number of carbonyl (C=O) groups is 2. The molecule has 0 saturated heterocycles. The van der Waals surface area contributed by atoms with Crippen LogP contribution in [0.25, 0.3) is 0 Å². The zero-order valence-electron chi connectivity index (χ0n) is 13.1. The van der Waals surface area contributed by atoms with Gasteiger partial charge in [-0.2, -0.15) is 0 Å². The number of carbonyl (C=O) groups excluding carboxylic acids is 2. The molecule has 1 aromatic carbocycles. The van der Waals surface area contributed by atoms with Gasteiger partial charge in [-0.3, -0.25) is 9.59 Å². The average molecular weight is 291 g/mol. The lowest BCUT2D eigenvalue weighted by Gasteiger charge is -2.32. The summed E-state index contributed by atoms with van der Waals surface area (Å²) in [7, 11) is 0. The quantitative estimate of drug-likeness (QED) is 0.671. The van der Waals surface area contributed by atoms with Crippen LogP contribution < -0.4 is 10.1 Å². The van der Waals surface area contributed by atoms with Gasteiger partial charge in [-0.1, -0.05) is 0 Å². The summed E-state index contributed by atoms with van der Waals surface area (Å²) in [6.07, 6.45) is 0. The maximum absolute atomic E-state index is 12.1. The zero-order valence-corrected chi connectivity index (χ0v) is 13.1. The van der Waals surface area contributed by atoms with E-state index in [1.807, 2.05) is 34.6 Å². The predicted octanol–water partition coefficient (Wildman–Crippen LogP) is 2.43. The Labute approximate surface area is 124 Å². The van der Waals surface area contributed by atoms with Crippen LogP contribution in [-0.4, -0.2) is 23.0 Å². The van der Waals surface area contributed by atoms with Gasteiger partial charge in [-0.15, -0.1) is 0 Å². The summed E-state index contributed by atoms with van der Waals surface area (Å²) in [5, 5.41) is 2.66. The van der Waals surface area contributed by atoms with Crippen molar-refractivity contribution in [1.29, 1.82) is 0 Å². The fourth-order valence-corrected chi connectivity index (χ4v) is 2.01. The minimum atomic E-state index is -0.678. The van der Waals surface area contributed by atoms with Crippen molar-refractivity contribution in [2.75, 3.05) is 0 Å². The van der Waals surface area contributed by atoms with E-state index < -0.39 is 23.0 Å². The normalized spacial score (nSPS) is 16.6. The summed E-state index contributed by atoms with van der Waals surface area (Å²) >= 11 is 0. The van der Waals surface area contributed by atoms with Crippen LogP contribution in [0.1, 0.15) is 50.5 Å². The van der Waals surface area contributed by atoms with Crippen molar-refractivity contribution in [3.05, 3.63) is 29.3 Å². The largest absolute Gasteiger partial charge is 0.463 e. The van der Waals surface area contributed by atoms with Gasteiger partial charge in [-0.25, -0.2) is 0 Å². The van der Waals surface area contributed by atoms with E-state index in [0.29, 0.717) is 17.9 Å². The second-order valence-corrected chi connectivity index (χ2v) is 6.65. The van der Waals surface area contributed by atoms with Crippen LogP contribution in [-0.2, 0) is 16.1 Å². The fourth-order valence-electron chi connectivity index (χ4n) is 2.01. The molecule has 0 fully saturated rings. The molecule has 0 aromatic heterocycles. The van der Waals surface area contributed by atoms with Crippen molar-refractivity contribution in [3.8, 4) is 5.75 Å². The molecule has 0 atom stereocenters. The smallest absolute Gasteiger partial charge is 0.292 e. The summed E-state index contributed by atoms with van der Waals surface area (Å²) in [5.41, 5.74) is 0.656. The number of Topliss-reactive ketones (excluding diaryl/α,β-unsaturated/α-hetero) is 1. The number of rotatable bonds is 2. The summed E-state index contributed by atoms with van der Waals surface area (Å²) < 4.78 is 11.2. The lowest BCUT2D eigenvalue weighted by Crippen LogP contribution is -2.44. The van der Waals surface area contributed by atoms with Gasteiger partial charge in [0, 0.05) is 30.5 Å². The van der Waals surface area contributed by atoms with Gasteiger partial charge in [0.1, 0.15) is 5.75 Å². The molecule has 21 heavy (non-hydrogen) atoms. The molecule has 0 unspecified atom stereocenters. The molecular weight excluding hydrogens is 270 g/mol. The summed E-state index contributed by atoms with van der Waals surface area (Å²) in [4.78, 5) is 24.0. The Hall–Kier alpha value is -1.88. The van der Waals surface area contributed by atoms with Gasteiger partial charge < -0.3 is 14.8 Å². The Morgan fingerprint density at radius 2 is 1.90 bits per heavy atom. The maximum atomic E-state index is 12.1. The molecule has 0 saturated carbocycles. The van der Waals surface area contributed by atoms with Crippen LogP contribution in [0.5, 0.6) is 5.75 Å². The van der Waals surface area contributed by atoms with Crippen LogP contribution in [0.4, 0.5) is 0 Å². The molecule has 0 spiro atoms. The second-order valence-electron chi connectivity index (χ2n) is 6.65. The van der Waals surface area contributed by atoms with Gasteiger partial charge in [0.15, 0.2) is 0 Å². The van der Waals surface area contributed by atoms with Crippen molar-refractivity contribution < 1.29 is 19.1 Å². The highest BCUT2D eigenvalue weighted by molar-refractivity contribution is 6.43. The highest BCUT2D eigenvalue weighted by Crippen LogP contribution is 2.31. The SMILES string of the molecule is CC(C)(C)NC(=O)C(=O)c1ccc2c(c1)COC(C)(C)O2. The molecule has 1 aliphatic heterocycles. The van der Waals surface area contributed by atoms with E-state index >= 15 is 0 Å². The molecule has 1 heterocycles. The Bertz CT molecular complexity index is 584. The number of fused-ring (bicyclic) bond motifs is 1. The first-order valence-corrected chi connectivity index (χ1v) is 6.90. The molecule has 2 rings (SSSR count). The maximum Gasteiger partial charge on any atom is 0.292 e. The van der Waals surface area contributed by atoms with Crippen LogP contribution >= 0.6 is 0 Å². The molecule has 5 heteroatoms. The number of hydrogen-bond acceptors (Lipinski definition) is 4. The van der Waals surface area contributed by atoms with Crippen molar-refractivity contribution in [3.63, 3.8) is 0 Å². The standard InChI is InChI=1S/C16H21NO4/c1-15(2,3)17-14(19)13(18)10-6-7-12-11(8-10)9-20-16(4,5)21-12/h6-8H,9H2,1-5H3,(H,17,19). The molecule has 0 bridgehead atoms. The van der Waals surface area contributed by atoms with Gasteiger partial charge in [0.05, 0.1) is 6.61 Å². The molecule has 0 radical (unpaired) electrons. The number of hydrogen-bond donors (Lipinski definition) is 1. The van der Waals surface area contributed by atoms with Gasteiger partial charge >= 0.3 is 0 Å². The topological polar surface area (TPSA) is 64.6 Å². The molecule has 1 N–H and O–H groups in total. The van der Waals surface area contributed by atoms with E-state index in [2.05, 4.69) is 5.32 Å². The minimum absolute atomic E-state index is 0.336. The molecule has 0 aliphatic carbocycles. The van der Waals surface area contributed by atoms with E-state index in [1.54, 1.807) is 18.2 Å². The van der Waals surface area contributed by atoms with Crippen LogP contribution in [0.3, 0.4) is 0 Å². The minimum Gasteiger partial charge on any atom is -0.463 e. The van der Waals surface area contributed by atoms with E-state index in [0.717, 1.165) is 5.56 Å². The molecular formula is C16H21NO4. The lowest BCUT2D eigenvalue weighted by atomic mass is 10.0. The van der Waals surface area contributed by atoms with Crippen molar-refractivity contribution >= 4 is 11.7 Å². The summed E-state index contributed by atoms with van der Waals surface area (Å²) in [5.74, 6) is -1.17. The number of benzene rings is 1. The first kappa shape index (κ1) is 15.5. The Kier molecular flexibility index (Phi) is 3.80. The third kappa shape index (κ3) is 3.82. The van der Waals surface area contributed by atoms with E-state index in [1.165, 1.54) is 0 Å². The van der Waals surface area contributed by atoms with Gasteiger partial charge in [-0.05, 0) is 39.0 Å². The van der Waals surface area contributed by atoms with Crippen LogP contribution in [0.15, 0.2) is 18.2 Å². The van der Waals surface area contributed by atoms with Crippen molar-refractivity contribution in [2.45, 2.75) is 52.6 Å². The number of nitrogens with one attached hydrogen (secondary N) is 1. The van der Waals surface area contributed by atoms with E-state index in [4.69, 9.17) is 9.47 Å². The molecule has 1 aromatic rings. The van der Waals surface area contributed by atoms with Gasteiger partial charge in [0.25, 0.3) is 5.91 Å². The lowest BCUT2D eigenvalue weighted by molar-refractivity contribution is -0.180. The molecule has 1 aliphatic rings. The summed E-state index contributed by atoms with van der Waals surface area (Å²) in [6, 6.07) is 4.96. The van der Waals surface area contributed by atoms with E-state index in [9.17, 15) is 9.59 Å². The van der Waals surface area contributed by atoms with Crippen molar-refractivity contribution in [2.24, 2.45) is 0 Å². The Morgan fingerprint density at radius 1 is 1.24 bits per heavy atom. The number of ether oxygens (including phenoxy) is 2. The number of amides is 1. The monoisotopic (exact) mass is 291 g/mol. The molecule has 1 amide bonds. The predicted molar refractivity (Wildman–Crippen MR) is 78.2 cm³/mol. The first-order chi connectivity index (χ1) is 9.57. The van der Waals surface area contributed by atoms with Crippen LogP contribution in [0.2, 0.25) is 0 Å². The van der Waals surface area contributed by atoms with Gasteiger partial charge in [0.2, 0.25) is 11.6 Å². The van der Waals surface area contributed by atoms with Crippen LogP contribution in [0, 0.1) is 0 Å². The second kappa shape index (κ2) is 5.15.